The molecular weight excluding hydrogens is 246 g/mol. The fourth-order valence-electron chi connectivity index (χ4n) is 1.29. The first kappa shape index (κ1) is 14.5. The highest BCUT2D eigenvalue weighted by atomic mass is 16.5. The lowest BCUT2D eigenvalue weighted by atomic mass is 10.5. The number of nitriles is 2. The molecule has 0 spiro atoms. The summed E-state index contributed by atoms with van der Waals surface area (Å²) in [4.78, 5) is 13.8. The largest absolute Gasteiger partial charge is 0.464 e. The van der Waals surface area contributed by atoms with Gasteiger partial charge in [-0.2, -0.15) is 25.5 Å². The molecule has 8 nitrogen and oxygen atoms in total. The van der Waals surface area contributed by atoms with E-state index >= 15 is 0 Å². The van der Waals surface area contributed by atoms with Gasteiger partial charge in [-0.1, -0.05) is 0 Å². The quantitative estimate of drug-likeness (QED) is 0.708. The lowest BCUT2D eigenvalue weighted by Gasteiger charge is -2.16. The van der Waals surface area contributed by atoms with E-state index in [1.807, 2.05) is 26.0 Å². The van der Waals surface area contributed by atoms with Gasteiger partial charge in [0, 0.05) is 6.54 Å². The average molecular weight is 261 g/mol. The first-order valence-corrected chi connectivity index (χ1v) is 5.86. The number of aromatic nitrogens is 3. The SMILES string of the molecule is CCNc1nc(OCC)nc(N(CC#N)CC#N)n1. The van der Waals surface area contributed by atoms with E-state index in [9.17, 15) is 0 Å². The molecule has 1 heterocycles. The van der Waals surface area contributed by atoms with Crippen LogP contribution in [-0.2, 0) is 0 Å². The highest BCUT2D eigenvalue weighted by Crippen LogP contribution is 2.14. The molecule has 1 aromatic rings. The number of nitrogens with zero attached hydrogens (tertiary/aromatic N) is 6. The van der Waals surface area contributed by atoms with Crippen molar-refractivity contribution in [3.8, 4) is 18.1 Å². The van der Waals surface area contributed by atoms with E-state index in [2.05, 4.69) is 20.3 Å². The summed E-state index contributed by atoms with van der Waals surface area (Å²) < 4.78 is 5.25. The molecule has 1 N–H and O–H groups in total. The van der Waals surface area contributed by atoms with E-state index in [-0.39, 0.29) is 25.0 Å². The molecule has 8 heteroatoms. The minimum Gasteiger partial charge on any atom is -0.464 e. The van der Waals surface area contributed by atoms with Gasteiger partial charge in [0.2, 0.25) is 11.9 Å². The Labute approximate surface area is 111 Å². The number of nitrogens with one attached hydrogen (secondary N) is 1. The lowest BCUT2D eigenvalue weighted by molar-refractivity contribution is 0.312. The fourth-order valence-corrected chi connectivity index (χ4v) is 1.29. The minimum atomic E-state index is 0.0225. The van der Waals surface area contributed by atoms with Gasteiger partial charge in [0.15, 0.2) is 0 Å². The number of rotatable bonds is 7. The van der Waals surface area contributed by atoms with Gasteiger partial charge in [-0.3, -0.25) is 0 Å². The zero-order valence-corrected chi connectivity index (χ0v) is 10.9. The zero-order valence-electron chi connectivity index (χ0n) is 10.9. The van der Waals surface area contributed by atoms with Gasteiger partial charge in [0.25, 0.3) is 0 Å². The van der Waals surface area contributed by atoms with Crippen molar-refractivity contribution in [3.63, 3.8) is 0 Å². The summed E-state index contributed by atoms with van der Waals surface area (Å²) in [5.41, 5.74) is 0. The monoisotopic (exact) mass is 261 g/mol. The van der Waals surface area contributed by atoms with E-state index in [1.54, 1.807) is 0 Å². The van der Waals surface area contributed by atoms with Crippen LogP contribution in [0.25, 0.3) is 0 Å². The summed E-state index contributed by atoms with van der Waals surface area (Å²) in [7, 11) is 0. The summed E-state index contributed by atoms with van der Waals surface area (Å²) in [6.45, 7) is 4.84. The number of ether oxygens (including phenoxy) is 1. The predicted molar refractivity (Wildman–Crippen MR) is 68.6 cm³/mol. The standard InChI is InChI=1S/C11H15N7O/c1-3-14-9-15-10(17-11(16-9)19-4-2)18(7-5-12)8-6-13/h3-4,7-8H2,1-2H3,(H,14,15,16,17). The van der Waals surface area contributed by atoms with Crippen LogP contribution in [0.1, 0.15) is 13.8 Å². The van der Waals surface area contributed by atoms with Gasteiger partial charge in [0.1, 0.15) is 13.1 Å². The number of anilines is 2. The molecule has 0 saturated carbocycles. The normalized spacial score (nSPS) is 9.26. The maximum atomic E-state index is 8.75. The van der Waals surface area contributed by atoms with Crippen LogP contribution >= 0.6 is 0 Å². The average Bonchev–Trinajstić information content (AvgIpc) is 2.39. The third kappa shape index (κ3) is 4.28. The Morgan fingerprint density at radius 2 is 1.84 bits per heavy atom. The predicted octanol–water partition coefficient (Wildman–Crippen LogP) is 0.556. The first-order valence-electron chi connectivity index (χ1n) is 5.86. The summed E-state index contributed by atoms with van der Waals surface area (Å²) in [6.07, 6.45) is 0. The van der Waals surface area contributed by atoms with Crippen LogP contribution < -0.4 is 15.0 Å². The first-order chi connectivity index (χ1) is 9.24. The van der Waals surface area contributed by atoms with Crippen molar-refractivity contribution in [3.05, 3.63) is 0 Å². The van der Waals surface area contributed by atoms with Gasteiger partial charge < -0.3 is 15.0 Å². The Morgan fingerprint density at radius 3 is 2.37 bits per heavy atom. The lowest BCUT2D eigenvalue weighted by Crippen LogP contribution is -2.26. The van der Waals surface area contributed by atoms with Crippen LogP contribution in [0.5, 0.6) is 6.01 Å². The van der Waals surface area contributed by atoms with E-state index in [0.717, 1.165) is 0 Å². The van der Waals surface area contributed by atoms with Crippen molar-refractivity contribution in [2.75, 3.05) is 36.5 Å². The van der Waals surface area contributed by atoms with Gasteiger partial charge >= 0.3 is 6.01 Å². The molecule has 0 amide bonds. The molecule has 100 valence electrons. The molecule has 19 heavy (non-hydrogen) atoms. The maximum absolute atomic E-state index is 8.75. The molecule has 0 bridgehead atoms. The van der Waals surface area contributed by atoms with Crippen LogP contribution in [0, 0.1) is 22.7 Å². The highest BCUT2D eigenvalue weighted by molar-refractivity contribution is 5.40. The van der Waals surface area contributed by atoms with E-state index in [0.29, 0.717) is 19.1 Å². The van der Waals surface area contributed by atoms with E-state index in [1.165, 1.54) is 4.90 Å². The van der Waals surface area contributed by atoms with Crippen LogP contribution in [0.4, 0.5) is 11.9 Å². The second-order valence-corrected chi connectivity index (χ2v) is 3.38. The Balaban J connectivity index is 3.09. The van der Waals surface area contributed by atoms with Crippen LogP contribution in [0.2, 0.25) is 0 Å². The van der Waals surface area contributed by atoms with Crippen LogP contribution in [-0.4, -0.2) is 41.2 Å². The second kappa shape index (κ2) is 7.67. The molecule has 0 unspecified atom stereocenters. The Kier molecular flexibility index (Phi) is 5.83. The topological polar surface area (TPSA) is 111 Å². The van der Waals surface area contributed by atoms with Crippen molar-refractivity contribution >= 4 is 11.9 Å². The molecule has 0 radical (unpaired) electrons. The molecule has 1 aromatic heterocycles. The Bertz CT molecular complexity index is 451. The highest BCUT2D eigenvalue weighted by Gasteiger charge is 2.13. The Morgan fingerprint density at radius 1 is 1.16 bits per heavy atom. The fraction of sp³-hybridized carbons (Fsp3) is 0.545. The summed E-state index contributed by atoms with van der Waals surface area (Å²) in [5, 5.41) is 20.5. The third-order valence-corrected chi connectivity index (χ3v) is 2.02. The summed E-state index contributed by atoms with van der Waals surface area (Å²) in [5.74, 6) is 0.606. The summed E-state index contributed by atoms with van der Waals surface area (Å²) >= 11 is 0. The molecular formula is C11H15N7O. The molecule has 0 saturated heterocycles. The van der Waals surface area contributed by atoms with Crippen molar-refractivity contribution in [1.82, 2.24) is 15.0 Å². The van der Waals surface area contributed by atoms with Crippen molar-refractivity contribution in [2.24, 2.45) is 0 Å². The van der Waals surface area contributed by atoms with E-state index < -0.39 is 0 Å². The van der Waals surface area contributed by atoms with Crippen molar-refractivity contribution < 1.29 is 4.74 Å². The zero-order chi connectivity index (χ0) is 14.1. The van der Waals surface area contributed by atoms with E-state index in [4.69, 9.17) is 15.3 Å². The molecule has 0 aliphatic carbocycles. The second-order valence-electron chi connectivity index (χ2n) is 3.38. The molecule has 1 rings (SSSR count). The van der Waals surface area contributed by atoms with Crippen LogP contribution in [0.3, 0.4) is 0 Å². The molecule has 0 aliphatic rings. The third-order valence-electron chi connectivity index (χ3n) is 2.02. The number of hydrogen-bond donors (Lipinski definition) is 1. The van der Waals surface area contributed by atoms with Gasteiger partial charge in [-0.05, 0) is 13.8 Å². The molecule has 0 aliphatic heterocycles. The summed E-state index contributed by atoms with van der Waals surface area (Å²) in [6, 6.07) is 4.11. The van der Waals surface area contributed by atoms with Gasteiger partial charge in [-0.15, -0.1) is 0 Å². The van der Waals surface area contributed by atoms with Crippen molar-refractivity contribution in [2.45, 2.75) is 13.8 Å². The molecule has 0 atom stereocenters. The van der Waals surface area contributed by atoms with Gasteiger partial charge in [0.05, 0.1) is 18.7 Å². The Hall–Kier alpha value is -2.61. The molecule has 0 aromatic carbocycles. The van der Waals surface area contributed by atoms with Crippen molar-refractivity contribution in [1.29, 1.82) is 10.5 Å². The minimum absolute atomic E-state index is 0.0225. The molecule has 0 fully saturated rings. The smallest absolute Gasteiger partial charge is 0.323 e. The van der Waals surface area contributed by atoms with Gasteiger partial charge in [-0.25, -0.2) is 0 Å². The number of hydrogen-bond acceptors (Lipinski definition) is 8. The van der Waals surface area contributed by atoms with Crippen LogP contribution in [0.15, 0.2) is 0 Å². The maximum Gasteiger partial charge on any atom is 0.323 e.